The maximum atomic E-state index is 2.25. The molecule has 0 aliphatic heterocycles. The summed E-state index contributed by atoms with van der Waals surface area (Å²) in [6.45, 7) is 2.22. The Labute approximate surface area is 79.4 Å². The van der Waals surface area contributed by atoms with Crippen molar-refractivity contribution in [2.24, 2.45) is 0 Å². The van der Waals surface area contributed by atoms with Gasteiger partial charge in [0.15, 0.2) is 0 Å². The summed E-state index contributed by atoms with van der Waals surface area (Å²) in [6, 6.07) is 8.74. The molecule has 0 bridgehead atoms. The van der Waals surface area contributed by atoms with Crippen molar-refractivity contribution in [2.75, 3.05) is 12.0 Å². The van der Waals surface area contributed by atoms with Gasteiger partial charge >= 0.3 is 0 Å². The lowest BCUT2D eigenvalue weighted by Gasteiger charge is -2.05. The molecule has 1 aromatic rings. The number of rotatable bonds is 4. The van der Waals surface area contributed by atoms with E-state index in [9.17, 15) is 0 Å². The lowest BCUT2D eigenvalue weighted by Crippen LogP contribution is -1.93. The highest BCUT2D eigenvalue weighted by atomic mass is 32.2. The fourth-order valence-corrected chi connectivity index (χ4v) is 1.78. The van der Waals surface area contributed by atoms with Crippen LogP contribution in [0.3, 0.4) is 0 Å². The van der Waals surface area contributed by atoms with E-state index in [0.717, 1.165) is 6.42 Å². The lowest BCUT2D eigenvalue weighted by molar-refractivity contribution is 1.05. The molecule has 12 heavy (non-hydrogen) atoms. The molecule has 0 aromatic heterocycles. The molecule has 0 amide bonds. The van der Waals surface area contributed by atoms with E-state index in [1.165, 1.54) is 23.3 Å². The SMILES string of the molecule is CCc1ccccc1CCSC. The molecule has 0 spiro atoms. The Bertz CT molecular complexity index is 230. The van der Waals surface area contributed by atoms with Crippen molar-refractivity contribution in [2.45, 2.75) is 19.8 Å². The fourth-order valence-electron chi connectivity index (χ4n) is 1.36. The van der Waals surface area contributed by atoms with E-state index in [0.29, 0.717) is 0 Å². The molecule has 0 unspecified atom stereocenters. The van der Waals surface area contributed by atoms with Crippen LogP contribution in [0.5, 0.6) is 0 Å². The van der Waals surface area contributed by atoms with Gasteiger partial charge in [-0.3, -0.25) is 0 Å². The van der Waals surface area contributed by atoms with Crippen LogP contribution in [-0.4, -0.2) is 12.0 Å². The molecular weight excluding hydrogens is 164 g/mol. The maximum Gasteiger partial charge on any atom is -0.00297 e. The molecule has 0 saturated carbocycles. The van der Waals surface area contributed by atoms with Crippen molar-refractivity contribution < 1.29 is 0 Å². The van der Waals surface area contributed by atoms with Gasteiger partial charge in [0.2, 0.25) is 0 Å². The standard InChI is InChI=1S/C11H16S/c1-3-10-6-4-5-7-11(10)8-9-12-2/h4-7H,3,8-9H2,1-2H3. The van der Waals surface area contributed by atoms with Gasteiger partial charge in [0.25, 0.3) is 0 Å². The van der Waals surface area contributed by atoms with E-state index in [2.05, 4.69) is 37.4 Å². The largest absolute Gasteiger partial charge is 0.165 e. The Hall–Kier alpha value is -0.430. The summed E-state index contributed by atoms with van der Waals surface area (Å²) >= 11 is 1.92. The third kappa shape index (κ3) is 2.56. The van der Waals surface area contributed by atoms with Crippen LogP contribution >= 0.6 is 11.8 Å². The second-order valence-electron chi connectivity index (χ2n) is 2.87. The van der Waals surface area contributed by atoms with Gasteiger partial charge in [-0.25, -0.2) is 0 Å². The molecule has 1 rings (SSSR count). The first-order chi connectivity index (χ1) is 5.88. The minimum Gasteiger partial charge on any atom is -0.165 e. The average Bonchev–Trinajstić information content (AvgIpc) is 2.15. The zero-order valence-electron chi connectivity index (χ0n) is 7.84. The van der Waals surface area contributed by atoms with Crippen LogP contribution in [0.15, 0.2) is 24.3 Å². The first-order valence-electron chi connectivity index (χ1n) is 4.44. The van der Waals surface area contributed by atoms with Gasteiger partial charge in [0.05, 0.1) is 0 Å². The average molecular weight is 180 g/mol. The van der Waals surface area contributed by atoms with Crippen molar-refractivity contribution >= 4 is 11.8 Å². The van der Waals surface area contributed by atoms with Gasteiger partial charge in [0.1, 0.15) is 0 Å². The topological polar surface area (TPSA) is 0 Å². The Kier molecular flexibility index (Phi) is 4.23. The van der Waals surface area contributed by atoms with Crippen molar-refractivity contribution in [1.29, 1.82) is 0 Å². The zero-order valence-corrected chi connectivity index (χ0v) is 8.66. The number of hydrogen-bond acceptors (Lipinski definition) is 1. The Morgan fingerprint density at radius 3 is 2.42 bits per heavy atom. The smallest absolute Gasteiger partial charge is 0.00297 e. The van der Waals surface area contributed by atoms with E-state index >= 15 is 0 Å². The van der Waals surface area contributed by atoms with Crippen LogP contribution in [0.25, 0.3) is 0 Å². The first-order valence-corrected chi connectivity index (χ1v) is 5.83. The molecule has 0 N–H and O–H groups in total. The number of thioether (sulfide) groups is 1. The molecule has 0 atom stereocenters. The van der Waals surface area contributed by atoms with E-state index in [-0.39, 0.29) is 0 Å². The number of aryl methyl sites for hydroxylation is 2. The van der Waals surface area contributed by atoms with Crippen LogP contribution in [-0.2, 0) is 12.8 Å². The third-order valence-corrected chi connectivity index (χ3v) is 2.69. The molecule has 0 aliphatic rings. The first kappa shape index (κ1) is 9.66. The van der Waals surface area contributed by atoms with Crippen molar-refractivity contribution in [3.63, 3.8) is 0 Å². The summed E-state index contributed by atoms with van der Waals surface area (Å²) in [4.78, 5) is 0. The Morgan fingerprint density at radius 2 is 1.83 bits per heavy atom. The molecule has 0 nitrogen and oxygen atoms in total. The molecule has 0 aliphatic carbocycles. The van der Waals surface area contributed by atoms with Crippen LogP contribution in [0.1, 0.15) is 18.1 Å². The minimum atomic E-state index is 1.16. The Morgan fingerprint density at radius 1 is 1.17 bits per heavy atom. The molecule has 0 fully saturated rings. The van der Waals surface area contributed by atoms with Crippen LogP contribution in [0, 0.1) is 0 Å². The van der Waals surface area contributed by atoms with Crippen LogP contribution < -0.4 is 0 Å². The molecule has 0 heterocycles. The Balaban J connectivity index is 2.68. The molecule has 0 saturated heterocycles. The molecule has 0 radical (unpaired) electrons. The van der Waals surface area contributed by atoms with Gasteiger partial charge in [-0.2, -0.15) is 11.8 Å². The van der Waals surface area contributed by atoms with E-state index in [4.69, 9.17) is 0 Å². The van der Waals surface area contributed by atoms with Gasteiger partial charge < -0.3 is 0 Å². The van der Waals surface area contributed by atoms with Gasteiger partial charge in [-0.15, -0.1) is 0 Å². The number of benzene rings is 1. The van der Waals surface area contributed by atoms with Gasteiger partial charge in [-0.1, -0.05) is 31.2 Å². The molecule has 1 aromatic carbocycles. The summed E-state index contributed by atoms with van der Waals surface area (Å²) in [6.07, 6.45) is 4.53. The summed E-state index contributed by atoms with van der Waals surface area (Å²) in [7, 11) is 0. The summed E-state index contributed by atoms with van der Waals surface area (Å²) in [5, 5.41) is 0. The normalized spacial score (nSPS) is 10.2. The van der Waals surface area contributed by atoms with Crippen molar-refractivity contribution in [3.8, 4) is 0 Å². The summed E-state index contributed by atoms with van der Waals surface area (Å²) in [5.74, 6) is 1.23. The van der Waals surface area contributed by atoms with Crippen LogP contribution in [0.4, 0.5) is 0 Å². The monoisotopic (exact) mass is 180 g/mol. The molecule has 66 valence electrons. The lowest BCUT2D eigenvalue weighted by atomic mass is 10.0. The van der Waals surface area contributed by atoms with E-state index in [1.54, 1.807) is 0 Å². The number of hydrogen-bond donors (Lipinski definition) is 0. The highest BCUT2D eigenvalue weighted by Crippen LogP contribution is 2.11. The zero-order chi connectivity index (χ0) is 8.81. The van der Waals surface area contributed by atoms with E-state index < -0.39 is 0 Å². The highest BCUT2D eigenvalue weighted by Gasteiger charge is 1.97. The fraction of sp³-hybridized carbons (Fsp3) is 0.455. The predicted molar refractivity (Wildman–Crippen MR) is 57.9 cm³/mol. The van der Waals surface area contributed by atoms with Crippen molar-refractivity contribution in [3.05, 3.63) is 35.4 Å². The molecule has 1 heteroatoms. The van der Waals surface area contributed by atoms with Gasteiger partial charge in [0, 0.05) is 0 Å². The predicted octanol–water partition coefficient (Wildman–Crippen LogP) is 3.15. The van der Waals surface area contributed by atoms with E-state index in [1.807, 2.05) is 11.8 Å². The van der Waals surface area contributed by atoms with Crippen molar-refractivity contribution in [1.82, 2.24) is 0 Å². The third-order valence-electron chi connectivity index (χ3n) is 2.07. The summed E-state index contributed by atoms with van der Waals surface area (Å²) < 4.78 is 0. The second kappa shape index (κ2) is 5.26. The van der Waals surface area contributed by atoms with Crippen LogP contribution in [0.2, 0.25) is 0 Å². The highest BCUT2D eigenvalue weighted by molar-refractivity contribution is 7.98. The summed E-state index contributed by atoms with van der Waals surface area (Å²) in [5.41, 5.74) is 3.03. The second-order valence-corrected chi connectivity index (χ2v) is 3.85. The van der Waals surface area contributed by atoms with Gasteiger partial charge in [-0.05, 0) is 36.0 Å². The maximum absolute atomic E-state index is 2.25. The molecular formula is C11H16S. The minimum absolute atomic E-state index is 1.16. The quantitative estimate of drug-likeness (QED) is 0.686.